The molecule has 3 atom stereocenters. The summed E-state index contributed by atoms with van der Waals surface area (Å²) in [5, 5.41) is 10.3. The molecule has 0 aromatic heterocycles. The van der Waals surface area contributed by atoms with Crippen molar-refractivity contribution in [2.45, 2.75) is 38.5 Å². The quantitative estimate of drug-likeness (QED) is 0.906. The molecule has 3 unspecified atom stereocenters. The van der Waals surface area contributed by atoms with Gasteiger partial charge in [0.25, 0.3) is 0 Å². The van der Waals surface area contributed by atoms with Crippen LogP contribution in [0.3, 0.4) is 0 Å². The maximum Gasteiger partial charge on any atom is 0.132 e. The van der Waals surface area contributed by atoms with Gasteiger partial charge in [-0.15, -0.1) is 0 Å². The summed E-state index contributed by atoms with van der Waals surface area (Å²) >= 11 is 0. The average Bonchev–Trinajstić information content (AvgIpc) is 2.47. The second-order valence-electron chi connectivity index (χ2n) is 5.65. The monoisotopic (exact) mass is 297 g/mol. The lowest BCUT2D eigenvalue weighted by Crippen LogP contribution is -2.47. The van der Waals surface area contributed by atoms with Crippen LogP contribution in [0, 0.1) is 5.82 Å². The van der Waals surface area contributed by atoms with Crippen LogP contribution in [0.25, 0.3) is 0 Å². The predicted octanol–water partition coefficient (Wildman–Crippen LogP) is 2.37. The Bertz CT molecular complexity index is 469. The SMILES string of the molecule is COc1cccc(F)c1C(O)CCN1CC(C)OCC1C. The number of rotatable bonds is 5. The van der Waals surface area contributed by atoms with Crippen LogP contribution in [0.5, 0.6) is 5.75 Å². The number of hydrogen-bond acceptors (Lipinski definition) is 4. The van der Waals surface area contributed by atoms with E-state index in [1.165, 1.54) is 13.2 Å². The maximum absolute atomic E-state index is 13.9. The minimum Gasteiger partial charge on any atom is -0.496 e. The largest absolute Gasteiger partial charge is 0.496 e. The second-order valence-corrected chi connectivity index (χ2v) is 5.65. The highest BCUT2D eigenvalue weighted by Crippen LogP contribution is 2.30. The second kappa shape index (κ2) is 7.20. The topological polar surface area (TPSA) is 41.9 Å². The van der Waals surface area contributed by atoms with Crippen LogP contribution in [-0.4, -0.2) is 49.0 Å². The lowest BCUT2D eigenvalue weighted by atomic mass is 10.0. The Morgan fingerprint density at radius 2 is 2.24 bits per heavy atom. The standard InChI is InChI=1S/C16H24FNO3/c1-11-10-21-12(2)9-18(11)8-7-14(19)16-13(17)5-4-6-15(16)20-3/h4-6,11-12,14,19H,7-10H2,1-3H3. The summed E-state index contributed by atoms with van der Waals surface area (Å²) < 4.78 is 24.6. The fourth-order valence-electron chi connectivity index (χ4n) is 2.73. The average molecular weight is 297 g/mol. The molecule has 1 aliphatic rings. The molecule has 1 saturated heterocycles. The molecule has 0 saturated carbocycles. The molecule has 0 aliphatic carbocycles. The van der Waals surface area contributed by atoms with Crippen LogP contribution >= 0.6 is 0 Å². The summed E-state index contributed by atoms with van der Waals surface area (Å²) in [5.41, 5.74) is 0.244. The van der Waals surface area contributed by atoms with Crippen LogP contribution in [0.1, 0.15) is 31.9 Å². The van der Waals surface area contributed by atoms with Crippen molar-refractivity contribution in [2.75, 3.05) is 26.8 Å². The zero-order valence-electron chi connectivity index (χ0n) is 12.9. The first-order valence-electron chi connectivity index (χ1n) is 7.39. The van der Waals surface area contributed by atoms with Gasteiger partial charge in [-0.1, -0.05) is 6.07 Å². The number of ether oxygens (including phenoxy) is 2. The van der Waals surface area contributed by atoms with E-state index in [2.05, 4.69) is 11.8 Å². The first-order chi connectivity index (χ1) is 10.0. The van der Waals surface area contributed by atoms with Crippen molar-refractivity contribution in [3.63, 3.8) is 0 Å². The molecule has 0 spiro atoms. The van der Waals surface area contributed by atoms with Crippen molar-refractivity contribution >= 4 is 0 Å². The van der Waals surface area contributed by atoms with Crippen LogP contribution in [0.2, 0.25) is 0 Å². The molecule has 1 aromatic rings. The molecule has 1 heterocycles. The number of benzene rings is 1. The van der Waals surface area contributed by atoms with Gasteiger partial charge in [-0.05, 0) is 32.4 Å². The number of halogens is 1. The summed E-state index contributed by atoms with van der Waals surface area (Å²) in [6.45, 7) is 6.37. The van der Waals surface area contributed by atoms with Crippen LogP contribution in [0.15, 0.2) is 18.2 Å². The fraction of sp³-hybridized carbons (Fsp3) is 0.625. The first kappa shape index (κ1) is 16.2. The number of methoxy groups -OCH3 is 1. The van der Waals surface area contributed by atoms with Gasteiger partial charge in [0.2, 0.25) is 0 Å². The molecular formula is C16H24FNO3. The normalized spacial score (nSPS) is 24.8. The molecule has 4 nitrogen and oxygen atoms in total. The van der Waals surface area contributed by atoms with Gasteiger partial charge < -0.3 is 14.6 Å². The lowest BCUT2D eigenvalue weighted by Gasteiger charge is -2.37. The molecule has 21 heavy (non-hydrogen) atoms. The molecule has 0 bridgehead atoms. The number of hydrogen-bond donors (Lipinski definition) is 1. The Balaban J connectivity index is 2.00. The maximum atomic E-state index is 13.9. The third-order valence-electron chi connectivity index (χ3n) is 3.99. The highest BCUT2D eigenvalue weighted by molar-refractivity contribution is 5.36. The zero-order valence-corrected chi connectivity index (χ0v) is 12.9. The summed E-state index contributed by atoms with van der Waals surface area (Å²) in [6.07, 6.45) is -0.207. The molecule has 5 heteroatoms. The fourth-order valence-corrected chi connectivity index (χ4v) is 2.73. The van der Waals surface area contributed by atoms with Crippen molar-refractivity contribution < 1.29 is 19.0 Å². The summed E-state index contributed by atoms with van der Waals surface area (Å²) in [6, 6.07) is 4.91. The van der Waals surface area contributed by atoms with Crippen LogP contribution < -0.4 is 4.74 Å². The minimum atomic E-state index is -0.869. The van der Waals surface area contributed by atoms with Crippen LogP contribution in [-0.2, 0) is 4.74 Å². The molecule has 1 fully saturated rings. The van der Waals surface area contributed by atoms with E-state index in [0.717, 1.165) is 6.54 Å². The van der Waals surface area contributed by atoms with Gasteiger partial charge in [-0.2, -0.15) is 0 Å². The molecule has 1 aliphatic heterocycles. The van der Waals surface area contributed by atoms with Gasteiger partial charge in [0.05, 0.1) is 31.5 Å². The molecule has 1 aromatic carbocycles. The highest BCUT2D eigenvalue weighted by atomic mass is 19.1. The predicted molar refractivity (Wildman–Crippen MR) is 79.0 cm³/mol. The van der Waals surface area contributed by atoms with E-state index in [-0.39, 0.29) is 11.7 Å². The third kappa shape index (κ3) is 3.93. The van der Waals surface area contributed by atoms with Gasteiger partial charge in [-0.25, -0.2) is 4.39 Å². The Hall–Kier alpha value is -1.17. The van der Waals surface area contributed by atoms with Crippen molar-refractivity contribution in [1.29, 1.82) is 0 Å². The Kier molecular flexibility index (Phi) is 5.56. The molecule has 0 amide bonds. The zero-order chi connectivity index (χ0) is 15.4. The number of morpholine rings is 1. The molecule has 1 N–H and O–H groups in total. The summed E-state index contributed by atoms with van der Waals surface area (Å²) in [5.74, 6) is -0.0314. The van der Waals surface area contributed by atoms with Crippen LogP contribution in [0.4, 0.5) is 4.39 Å². The lowest BCUT2D eigenvalue weighted by molar-refractivity contribution is -0.0529. The third-order valence-corrected chi connectivity index (χ3v) is 3.99. The van der Waals surface area contributed by atoms with Crippen molar-refractivity contribution in [2.24, 2.45) is 0 Å². The highest BCUT2D eigenvalue weighted by Gasteiger charge is 2.25. The van der Waals surface area contributed by atoms with E-state index < -0.39 is 11.9 Å². The Labute approximate surface area is 125 Å². The first-order valence-corrected chi connectivity index (χ1v) is 7.39. The summed E-state index contributed by atoms with van der Waals surface area (Å²) in [4.78, 5) is 2.27. The van der Waals surface area contributed by atoms with Gasteiger partial charge in [0.15, 0.2) is 0 Å². The Morgan fingerprint density at radius 1 is 1.48 bits per heavy atom. The van der Waals surface area contributed by atoms with E-state index in [1.807, 2.05) is 6.92 Å². The van der Waals surface area contributed by atoms with Gasteiger partial charge in [0.1, 0.15) is 11.6 Å². The number of aliphatic hydroxyl groups excluding tert-OH is 1. The molecule has 118 valence electrons. The Morgan fingerprint density at radius 3 is 2.95 bits per heavy atom. The van der Waals surface area contributed by atoms with E-state index in [1.54, 1.807) is 12.1 Å². The number of nitrogens with zero attached hydrogens (tertiary/aromatic N) is 1. The van der Waals surface area contributed by atoms with E-state index >= 15 is 0 Å². The van der Waals surface area contributed by atoms with Gasteiger partial charge in [-0.3, -0.25) is 4.90 Å². The van der Waals surface area contributed by atoms with Crippen molar-refractivity contribution in [3.05, 3.63) is 29.6 Å². The van der Waals surface area contributed by atoms with E-state index in [9.17, 15) is 9.50 Å². The van der Waals surface area contributed by atoms with Crippen molar-refractivity contribution in [1.82, 2.24) is 4.90 Å². The van der Waals surface area contributed by atoms with Gasteiger partial charge >= 0.3 is 0 Å². The van der Waals surface area contributed by atoms with Crippen molar-refractivity contribution in [3.8, 4) is 5.75 Å². The molecule has 2 rings (SSSR count). The molecular weight excluding hydrogens is 273 g/mol. The number of aliphatic hydroxyl groups is 1. The van der Waals surface area contributed by atoms with E-state index in [0.29, 0.717) is 31.4 Å². The minimum absolute atomic E-state index is 0.196. The van der Waals surface area contributed by atoms with E-state index in [4.69, 9.17) is 9.47 Å². The summed E-state index contributed by atoms with van der Waals surface area (Å²) in [7, 11) is 1.48. The molecule has 0 radical (unpaired) electrons. The smallest absolute Gasteiger partial charge is 0.132 e. The van der Waals surface area contributed by atoms with Gasteiger partial charge in [0, 0.05) is 19.1 Å².